The molecule has 18 heavy (non-hydrogen) atoms. The highest BCUT2D eigenvalue weighted by Crippen LogP contribution is 2.24. The molecule has 9 heteroatoms. The molecule has 0 aliphatic carbocycles. The summed E-state index contributed by atoms with van der Waals surface area (Å²) in [5.41, 5.74) is -0.358. The number of hydrogen-bond acceptors (Lipinski definition) is 6. The summed E-state index contributed by atoms with van der Waals surface area (Å²) in [5, 5.41) is 23.6. The maximum Gasteiger partial charge on any atom is 0.363 e. The van der Waals surface area contributed by atoms with E-state index in [1.807, 2.05) is 6.92 Å². The van der Waals surface area contributed by atoms with Crippen LogP contribution < -0.4 is 0 Å². The molecule has 0 aromatic carbocycles. The first-order valence-corrected chi connectivity index (χ1v) is 5.63. The van der Waals surface area contributed by atoms with Crippen LogP contribution in [0.2, 0.25) is 0 Å². The Bertz CT molecular complexity index is 594. The van der Waals surface area contributed by atoms with E-state index in [9.17, 15) is 14.9 Å². The van der Waals surface area contributed by atoms with E-state index in [1.165, 1.54) is 11.3 Å². The molecule has 0 unspecified atom stereocenters. The summed E-state index contributed by atoms with van der Waals surface area (Å²) in [6.07, 6.45) is 1.06. The van der Waals surface area contributed by atoms with Crippen LogP contribution in [0.15, 0.2) is 6.20 Å². The predicted octanol–water partition coefficient (Wildman–Crippen LogP) is 1.55. The lowest BCUT2D eigenvalue weighted by atomic mass is 10.4. The van der Waals surface area contributed by atoms with Crippen molar-refractivity contribution in [2.45, 2.75) is 13.8 Å². The minimum atomic E-state index is -1.44. The number of carbonyl (C=O) groups is 1. The number of nitro groups is 1. The van der Waals surface area contributed by atoms with Crippen LogP contribution >= 0.6 is 11.3 Å². The second-order valence-electron chi connectivity index (χ2n) is 3.51. The van der Waals surface area contributed by atoms with Crippen molar-refractivity contribution in [2.75, 3.05) is 0 Å². The fourth-order valence-electron chi connectivity index (χ4n) is 1.30. The van der Waals surface area contributed by atoms with Crippen molar-refractivity contribution in [1.82, 2.24) is 14.8 Å². The van der Waals surface area contributed by atoms with E-state index < -0.39 is 22.3 Å². The molecule has 1 N–H and O–H groups in total. The number of carboxylic acid groups (broad SMARTS) is 1. The Hall–Kier alpha value is -2.29. The molecule has 0 atom stereocenters. The van der Waals surface area contributed by atoms with Gasteiger partial charge in [0.15, 0.2) is 0 Å². The number of aromatic carboxylic acids is 1. The fraction of sp³-hybridized carbons (Fsp3) is 0.222. The van der Waals surface area contributed by atoms with Gasteiger partial charge in [0.05, 0.1) is 10.6 Å². The molecule has 0 bridgehead atoms. The maximum absolute atomic E-state index is 10.8. The number of nitrogens with zero attached hydrogens (tertiary/aromatic N) is 4. The minimum absolute atomic E-state index is 0.403. The monoisotopic (exact) mass is 268 g/mol. The quantitative estimate of drug-likeness (QED) is 0.667. The van der Waals surface area contributed by atoms with E-state index in [1.54, 1.807) is 6.92 Å². The number of hydrogen-bond donors (Lipinski definition) is 1. The third-order valence-electron chi connectivity index (χ3n) is 2.31. The summed E-state index contributed by atoms with van der Waals surface area (Å²) in [6.45, 7) is 3.65. The normalized spacial score (nSPS) is 10.6. The zero-order valence-electron chi connectivity index (χ0n) is 9.45. The third-order valence-corrected chi connectivity index (χ3v) is 3.37. The molecule has 2 aromatic rings. The van der Waals surface area contributed by atoms with E-state index >= 15 is 0 Å². The predicted molar refractivity (Wildman–Crippen MR) is 62.3 cm³/mol. The highest BCUT2D eigenvalue weighted by Gasteiger charge is 2.26. The lowest BCUT2D eigenvalue weighted by Gasteiger charge is -1.90. The number of carboxylic acids is 1. The lowest BCUT2D eigenvalue weighted by Crippen LogP contribution is -2.02. The molecular formula is C9H8N4O4S. The molecule has 0 radical (unpaired) electrons. The van der Waals surface area contributed by atoms with Crippen LogP contribution in [0.3, 0.4) is 0 Å². The first-order chi connectivity index (χ1) is 8.40. The molecule has 0 amide bonds. The summed E-state index contributed by atoms with van der Waals surface area (Å²) in [7, 11) is 0. The van der Waals surface area contributed by atoms with E-state index in [-0.39, 0.29) is 0 Å². The van der Waals surface area contributed by atoms with Crippen molar-refractivity contribution in [2.24, 2.45) is 0 Å². The standard InChI is InChI=1S/C9H8N4O4S/c1-4-5(2)18-9(10-4)12-3-6(13(16)17)7(11-12)8(14)15/h3H,1-2H3,(H,14,15). The van der Waals surface area contributed by atoms with Gasteiger partial charge in [0.2, 0.25) is 10.8 Å². The average Bonchev–Trinajstić information content (AvgIpc) is 2.83. The highest BCUT2D eigenvalue weighted by molar-refractivity contribution is 7.14. The Morgan fingerprint density at radius 3 is 2.61 bits per heavy atom. The summed E-state index contributed by atoms with van der Waals surface area (Å²) in [5.74, 6) is -1.44. The van der Waals surface area contributed by atoms with Gasteiger partial charge in [0.25, 0.3) is 0 Å². The minimum Gasteiger partial charge on any atom is -0.476 e. The molecular weight excluding hydrogens is 260 g/mol. The number of rotatable bonds is 3. The van der Waals surface area contributed by atoms with Gasteiger partial charge in [-0.1, -0.05) is 11.3 Å². The van der Waals surface area contributed by atoms with Crippen LogP contribution in [0.1, 0.15) is 21.1 Å². The van der Waals surface area contributed by atoms with Gasteiger partial charge >= 0.3 is 11.7 Å². The van der Waals surface area contributed by atoms with Crippen LogP contribution in [0.25, 0.3) is 5.13 Å². The van der Waals surface area contributed by atoms with Crippen LogP contribution in [0, 0.1) is 24.0 Å². The van der Waals surface area contributed by atoms with Gasteiger partial charge in [0.1, 0.15) is 6.20 Å². The van der Waals surface area contributed by atoms with Crippen LogP contribution in [-0.4, -0.2) is 30.8 Å². The van der Waals surface area contributed by atoms with Gasteiger partial charge in [0, 0.05) is 4.88 Å². The van der Waals surface area contributed by atoms with Crippen molar-refractivity contribution in [3.63, 3.8) is 0 Å². The average molecular weight is 268 g/mol. The lowest BCUT2D eigenvalue weighted by molar-refractivity contribution is -0.385. The highest BCUT2D eigenvalue weighted by atomic mass is 32.1. The number of aryl methyl sites for hydroxylation is 2. The molecule has 2 rings (SSSR count). The van der Waals surface area contributed by atoms with Gasteiger partial charge in [-0.3, -0.25) is 10.1 Å². The molecule has 94 valence electrons. The van der Waals surface area contributed by atoms with Crippen molar-refractivity contribution in [3.8, 4) is 5.13 Å². The van der Waals surface area contributed by atoms with Crippen LogP contribution in [0.5, 0.6) is 0 Å². The Morgan fingerprint density at radius 2 is 2.22 bits per heavy atom. The second kappa shape index (κ2) is 4.18. The number of thiazole rings is 1. The van der Waals surface area contributed by atoms with Gasteiger partial charge in [-0.2, -0.15) is 5.10 Å². The van der Waals surface area contributed by atoms with Gasteiger partial charge in [-0.15, -0.1) is 0 Å². The summed E-state index contributed by atoms with van der Waals surface area (Å²) < 4.78 is 1.12. The molecule has 0 spiro atoms. The van der Waals surface area contributed by atoms with Gasteiger partial charge in [-0.05, 0) is 13.8 Å². The van der Waals surface area contributed by atoms with E-state index in [0.717, 1.165) is 21.4 Å². The number of aromatic nitrogens is 3. The molecule has 2 aromatic heterocycles. The second-order valence-corrected chi connectivity index (χ2v) is 4.69. The molecule has 0 saturated heterocycles. The molecule has 0 saturated carbocycles. The summed E-state index contributed by atoms with van der Waals surface area (Å²) >= 11 is 1.29. The zero-order chi connectivity index (χ0) is 13.4. The summed E-state index contributed by atoms with van der Waals surface area (Å²) in [4.78, 5) is 25.9. The smallest absolute Gasteiger partial charge is 0.363 e. The van der Waals surface area contributed by atoms with Crippen molar-refractivity contribution >= 4 is 23.0 Å². The van der Waals surface area contributed by atoms with Crippen molar-refractivity contribution in [1.29, 1.82) is 0 Å². The SMILES string of the molecule is Cc1nc(-n2cc([N+](=O)[O-])c(C(=O)O)n2)sc1C. The fourth-order valence-corrected chi connectivity index (χ4v) is 2.14. The molecule has 8 nitrogen and oxygen atoms in total. The Kier molecular flexibility index (Phi) is 2.83. The van der Waals surface area contributed by atoms with Gasteiger partial charge in [-0.25, -0.2) is 14.5 Å². The molecule has 0 fully saturated rings. The summed E-state index contributed by atoms with van der Waals surface area (Å²) in [6, 6.07) is 0. The van der Waals surface area contributed by atoms with Crippen LogP contribution in [-0.2, 0) is 0 Å². The zero-order valence-corrected chi connectivity index (χ0v) is 10.3. The molecule has 0 aliphatic rings. The third kappa shape index (κ3) is 1.95. The van der Waals surface area contributed by atoms with Gasteiger partial charge < -0.3 is 5.11 Å². The Morgan fingerprint density at radius 1 is 1.56 bits per heavy atom. The van der Waals surface area contributed by atoms with Crippen molar-refractivity contribution < 1.29 is 14.8 Å². The van der Waals surface area contributed by atoms with E-state index in [0.29, 0.717) is 5.13 Å². The van der Waals surface area contributed by atoms with E-state index in [2.05, 4.69) is 10.1 Å². The topological polar surface area (TPSA) is 111 Å². The largest absolute Gasteiger partial charge is 0.476 e. The maximum atomic E-state index is 10.8. The molecule has 0 aliphatic heterocycles. The van der Waals surface area contributed by atoms with Crippen LogP contribution in [0.4, 0.5) is 5.69 Å². The first-order valence-electron chi connectivity index (χ1n) is 4.82. The first kappa shape index (κ1) is 12.2. The molecule has 2 heterocycles. The van der Waals surface area contributed by atoms with Crippen molar-refractivity contribution in [3.05, 3.63) is 32.6 Å². The van der Waals surface area contributed by atoms with E-state index in [4.69, 9.17) is 5.11 Å². The Balaban J connectivity index is 2.56. The Labute approximate surface area is 105 Å².